The highest BCUT2D eigenvalue weighted by molar-refractivity contribution is 5.72. The molecule has 29 heavy (non-hydrogen) atoms. The molecule has 1 heterocycles. The number of nitrogens with zero attached hydrogens (tertiary/aromatic N) is 1. The number of ether oxygens (including phenoxy) is 1. The molecule has 1 saturated carbocycles. The van der Waals surface area contributed by atoms with E-state index in [9.17, 15) is 5.11 Å². The number of piperidine rings is 1. The van der Waals surface area contributed by atoms with Gasteiger partial charge < -0.3 is 20.1 Å². The highest BCUT2D eigenvalue weighted by Gasteiger charge is 2.60. The largest absolute Gasteiger partial charge is 0.506 e. The summed E-state index contributed by atoms with van der Waals surface area (Å²) in [5.41, 5.74) is 4.96. The highest BCUT2D eigenvalue weighted by Crippen LogP contribution is 2.63. The van der Waals surface area contributed by atoms with Crippen molar-refractivity contribution in [2.45, 2.75) is 56.9 Å². The van der Waals surface area contributed by atoms with E-state index in [0.717, 1.165) is 30.1 Å². The average molecular weight is 393 g/mol. The third-order valence-electron chi connectivity index (χ3n) is 8.33. The monoisotopic (exact) mass is 392 g/mol. The Morgan fingerprint density at radius 2 is 1.90 bits per heavy atom. The number of anilines is 2. The molecule has 5 rings (SSSR count). The van der Waals surface area contributed by atoms with E-state index >= 15 is 0 Å². The lowest BCUT2D eigenvalue weighted by molar-refractivity contribution is -0.0735. The normalized spacial score (nSPS) is 30.9. The lowest BCUT2D eigenvalue weighted by Gasteiger charge is -2.65. The summed E-state index contributed by atoms with van der Waals surface area (Å²) in [5, 5.41) is 14.4. The Balaban J connectivity index is 1.60. The predicted octanol–water partition coefficient (Wildman–Crippen LogP) is 5.22. The molecule has 3 aliphatic rings. The van der Waals surface area contributed by atoms with Gasteiger partial charge in [0.25, 0.3) is 0 Å². The van der Waals surface area contributed by atoms with Gasteiger partial charge in [-0.2, -0.15) is 0 Å². The average Bonchev–Trinajstić information content (AvgIpc) is 2.72. The number of para-hydroxylation sites is 2. The fraction of sp³-hybridized carbons (Fsp3) is 0.520. The van der Waals surface area contributed by atoms with Crippen LogP contribution in [-0.2, 0) is 11.8 Å². The van der Waals surface area contributed by atoms with Crippen molar-refractivity contribution in [3.63, 3.8) is 0 Å². The zero-order chi connectivity index (χ0) is 20.2. The standard InChI is InChI=1S/C25H32N2O2/c1-24-10-6-7-11-25(24)12-13-27(2)23(24)15-17-14-20(21(28)16-18(17)25)26-19-8-4-5-9-22(19)29-3/h4-5,8-9,14,16,23,26,28H,6-7,10-13,15H2,1-3H3/t23-,24+,25+/m0/s1. The summed E-state index contributed by atoms with van der Waals surface area (Å²) >= 11 is 0. The molecule has 2 bridgehead atoms. The van der Waals surface area contributed by atoms with Crippen LogP contribution in [0.1, 0.15) is 50.2 Å². The van der Waals surface area contributed by atoms with Gasteiger partial charge in [-0.15, -0.1) is 0 Å². The predicted molar refractivity (Wildman–Crippen MR) is 117 cm³/mol. The summed E-state index contributed by atoms with van der Waals surface area (Å²) in [6, 6.07) is 12.7. The topological polar surface area (TPSA) is 44.7 Å². The molecule has 1 saturated heterocycles. The van der Waals surface area contributed by atoms with Gasteiger partial charge in [0.05, 0.1) is 18.5 Å². The minimum Gasteiger partial charge on any atom is -0.506 e. The summed E-state index contributed by atoms with van der Waals surface area (Å²) in [7, 11) is 3.97. The smallest absolute Gasteiger partial charge is 0.142 e. The second kappa shape index (κ2) is 6.66. The van der Waals surface area contributed by atoms with Crippen molar-refractivity contribution in [2.24, 2.45) is 5.41 Å². The number of methoxy groups -OCH3 is 1. The molecule has 0 unspecified atom stereocenters. The van der Waals surface area contributed by atoms with Crippen molar-refractivity contribution in [1.82, 2.24) is 4.90 Å². The third kappa shape index (κ3) is 2.61. The molecule has 0 radical (unpaired) electrons. The molecule has 2 aromatic carbocycles. The van der Waals surface area contributed by atoms with Crippen LogP contribution in [0.25, 0.3) is 0 Å². The Kier molecular flexibility index (Phi) is 4.32. The molecule has 2 fully saturated rings. The Bertz CT molecular complexity index is 942. The summed E-state index contributed by atoms with van der Waals surface area (Å²) < 4.78 is 5.48. The van der Waals surface area contributed by atoms with Gasteiger partial charge in [-0.1, -0.05) is 31.9 Å². The van der Waals surface area contributed by atoms with Crippen molar-refractivity contribution >= 4 is 11.4 Å². The van der Waals surface area contributed by atoms with E-state index in [4.69, 9.17) is 4.74 Å². The maximum Gasteiger partial charge on any atom is 0.142 e. The van der Waals surface area contributed by atoms with Crippen LogP contribution < -0.4 is 10.1 Å². The van der Waals surface area contributed by atoms with Gasteiger partial charge in [-0.3, -0.25) is 0 Å². The third-order valence-corrected chi connectivity index (χ3v) is 8.33. The number of likely N-dealkylation sites (N-methyl/N-ethyl adjacent to an activating group) is 1. The molecular formula is C25H32N2O2. The van der Waals surface area contributed by atoms with Gasteiger partial charge in [-0.05, 0) is 80.1 Å². The van der Waals surface area contributed by atoms with E-state index in [1.807, 2.05) is 24.3 Å². The Labute approximate surface area is 173 Å². The van der Waals surface area contributed by atoms with Crippen LogP contribution in [0.15, 0.2) is 36.4 Å². The van der Waals surface area contributed by atoms with Crippen LogP contribution in [0, 0.1) is 5.41 Å². The SMILES string of the molecule is COc1ccccc1Nc1cc2c(cc1O)[C@]13CCCC[C@]1(C)[C@H](C2)N(C)CC3. The first-order chi connectivity index (χ1) is 14.0. The van der Waals surface area contributed by atoms with Gasteiger partial charge in [-0.25, -0.2) is 0 Å². The fourth-order valence-electron chi connectivity index (χ4n) is 6.76. The number of aromatic hydroxyl groups is 1. The van der Waals surface area contributed by atoms with Crippen LogP contribution in [0.3, 0.4) is 0 Å². The highest BCUT2D eigenvalue weighted by atomic mass is 16.5. The van der Waals surface area contributed by atoms with Gasteiger partial charge >= 0.3 is 0 Å². The lowest BCUT2D eigenvalue weighted by atomic mass is 9.45. The number of hydrogen-bond donors (Lipinski definition) is 2. The van der Waals surface area contributed by atoms with E-state index in [1.165, 1.54) is 43.2 Å². The van der Waals surface area contributed by atoms with Crippen LogP contribution in [0.4, 0.5) is 11.4 Å². The molecule has 1 aliphatic heterocycles. The number of phenolic OH excluding ortho intramolecular Hbond substituents is 1. The van der Waals surface area contributed by atoms with Gasteiger partial charge in [0, 0.05) is 11.5 Å². The molecule has 0 aromatic heterocycles. The molecular weight excluding hydrogens is 360 g/mol. The number of phenols is 1. The summed E-state index contributed by atoms with van der Waals surface area (Å²) in [6.45, 7) is 3.68. The van der Waals surface area contributed by atoms with Crippen molar-refractivity contribution in [3.8, 4) is 11.5 Å². The zero-order valence-corrected chi connectivity index (χ0v) is 17.8. The quantitative estimate of drug-likeness (QED) is 0.703. The van der Waals surface area contributed by atoms with Crippen molar-refractivity contribution in [2.75, 3.05) is 26.0 Å². The molecule has 2 aliphatic carbocycles. The second-order valence-electron chi connectivity index (χ2n) is 9.51. The molecule has 2 aromatic rings. The zero-order valence-electron chi connectivity index (χ0n) is 17.8. The molecule has 4 nitrogen and oxygen atoms in total. The Morgan fingerprint density at radius 1 is 1.10 bits per heavy atom. The number of nitrogens with one attached hydrogen (secondary N) is 1. The first-order valence-electron chi connectivity index (χ1n) is 11.0. The van der Waals surface area contributed by atoms with Crippen LogP contribution >= 0.6 is 0 Å². The Hall–Kier alpha value is -2.20. The minimum absolute atomic E-state index is 0.205. The van der Waals surface area contributed by atoms with Crippen LogP contribution in [-0.4, -0.2) is 36.8 Å². The van der Waals surface area contributed by atoms with E-state index in [2.05, 4.69) is 36.3 Å². The molecule has 154 valence electrons. The lowest BCUT2D eigenvalue weighted by Crippen LogP contribution is -2.66. The number of fused-ring (bicyclic) bond motifs is 1. The molecule has 3 atom stereocenters. The summed E-state index contributed by atoms with van der Waals surface area (Å²) in [6.07, 6.45) is 7.43. The minimum atomic E-state index is 0.205. The van der Waals surface area contributed by atoms with Crippen molar-refractivity contribution < 1.29 is 9.84 Å². The first-order valence-corrected chi connectivity index (χ1v) is 11.0. The Morgan fingerprint density at radius 3 is 2.72 bits per heavy atom. The molecule has 2 N–H and O–H groups in total. The van der Waals surface area contributed by atoms with Crippen LogP contribution in [0.5, 0.6) is 11.5 Å². The number of rotatable bonds is 3. The van der Waals surface area contributed by atoms with Crippen LogP contribution in [0.2, 0.25) is 0 Å². The van der Waals surface area contributed by atoms with Crippen molar-refractivity contribution in [1.29, 1.82) is 0 Å². The van der Waals surface area contributed by atoms with E-state index in [0.29, 0.717) is 17.2 Å². The van der Waals surface area contributed by atoms with Gasteiger partial charge in [0.15, 0.2) is 0 Å². The van der Waals surface area contributed by atoms with Crippen molar-refractivity contribution in [3.05, 3.63) is 47.5 Å². The summed E-state index contributed by atoms with van der Waals surface area (Å²) in [5.74, 6) is 1.12. The molecule has 0 spiro atoms. The summed E-state index contributed by atoms with van der Waals surface area (Å²) in [4.78, 5) is 2.59. The fourth-order valence-corrected chi connectivity index (χ4v) is 6.76. The molecule has 0 amide bonds. The maximum atomic E-state index is 11.0. The van der Waals surface area contributed by atoms with E-state index in [1.54, 1.807) is 7.11 Å². The maximum absolute atomic E-state index is 11.0. The number of hydrogen-bond acceptors (Lipinski definition) is 4. The van der Waals surface area contributed by atoms with Gasteiger partial charge in [0.1, 0.15) is 11.5 Å². The number of likely N-dealkylation sites (tertiary alicyclic amines) is 1. The number of benzene rings is 2. The van der Waals surface area contributed by atoms with E-state index < -0.39 is 0 Å². The second-order valence-corrected chi connectivity index (χ2v) is 9.51. The van der Waals surface area contributed by atoms with Gasteiger partial charge in [0.2, 0.25) is 0 Å². The first kappa shape index (κ1) is 18.8. The molecule has 4 heteroatoms. The van der Waals surface area contributed by atoms with E-state index in [-0.39, 0.29) is 5.41 Å².